The minimum atomic E-state index is -0.406. The Labute approximate surface area is 151 Å². The van der Waals surface area contributed by atoms with Gasteiger partial charge in [-0.25, -0.2) is 0 Å². The summed E-state index contributed by atoms with van der Waals surface area (Å²) >= 11 is 0. The highest BCUT2D eigenvalue weighted by Crippen LogP contribution is 2.25. The van der Waals surface area contributed by atoms with E-state index >= 15 is 0 Å². The summed E-state index contributed by atoms with van der Waals surface area (Å²) in [6.45, 7) is 10.7. The molecule has 1 atom stereocenters. The quantitative estimate of drug-likeness (QED) is 0.862. The molecule has 0 bridgehead atoms. The van der Waals surface area contributed by atoms with Crippen LogP contribution < -0.4 is 10.6 Å². The fourth-order valence-electron chi connectivity index (χ4n) is 3.14. The number of likely N-dealkylation sites (tertiary alicyclic amines) is 1. The van der Waals surface area contributed by atoms with E-state index in [0.29, 0.717) is 6.54 Å². The Kier molecular flexibility index (Phi) is 6.59. The van der Waals surface area contributed by atoms with Crippen LogP contribution in [0.4, 0.5) is 5.69 Å². The number of hydrogen-bond donors (Lipinski definition) is 2. The molecule has 5 nitrogen and oxygen atoms in total. The van der Waals surface area contributed by atoms with Gasteiger partial charge in [0.1, 0.15) is 0 Å². The van der Waals surface area contributed by atoms with E-state index in [0.717, 1.165) is 43.7 Å². The van der Waals surface area contributed by atoms with E-state index in [2.05, 4.69) is 17.6 Å². The number of carbonyl (C=O) groups is 2. The van der Waals surface area contributed by atoms with E-state index in [1.807, 2.05) is 49.9 Å². The van der Waals surface area contributed by atoms with Gasteiger partial charge in [0.2, 0.25) is 11.8 Å². The summed E-state index contributed by atoms with van der Waals surface area (Å²) in [6.07, 6.45) is 1.70. The molecule has 0 saturated carbocycles. The molecule has 1 aromatic carbocycles. The van der Waals surface area contributed by atoms with Crippen molar-refractivity contribution >= 4 is 17.5 Å². The van der Waals surface area contributed by atoms with Crippen LogP contribution in [0.25, 0.3) is 0 Å². The normalized spacial score (nSPS) is 18.1. The monoisotopic (exact) mass is 345 g/mol. The lowest BCUT2D eigenvalue weighted by Crippen LogP contribution is -2.47. The van der Waals surface area contributed by atoms with Crippen molar-refractivity contribution in [3.63, 3.8) is 0 Å². The summed E-state index contributed by atoms with van der Waals surface area (Å²) in [5, 5.41) is 6.36. The van der Waals surface area contributed by atoms with Crippen LogP contribution in [0.15, 0.2) is 24.3 Å². The predicted octanol–water partition coefficient (Wildman–Crippen LogP) is 3.02. The Morgan fingerprint density at radius 2 is 1.96 bits per heavy atom. The van der Waals surface area contributed by atoms with Gasteiger partial charge in [0.15, 0.2) is 0 Å². The molecule has 1 aliphatic heterocycles. The number of para-hydroxylation sites is 1. The van der Waals surface area contributed by atoms with Gasteiger partial charge in [0, 0.05) is 30.7 Å². The van der Waals surface area contributed by atoms with Gasteiger partial charge in [-0.05, 0) is 31.0 Å². The van der Waals surface area contributed by atoms with Crippen LogP contribution in [0.5, 0.6) is 0 Å². The zero-order valence-electron chi connectivity index (χ0n) is 15.9. The van der Waals surface area contributed by atoms with Crippen molar-refractivity contribution in [2.45, 2.75) is 47.1 Å². The van der Waals surface area contributed by atoms with E-state index in [9.17, 15) is 9.59 Å². The third kappa shape index (κ3) is 5.30. The van der Waals surface area contributed by atoms with Crippen LogP contribution in [-0.2, 0) is 16.1 Å². The molecule has 1 aliphatic rings. The lowest BCUT2D eigenvalue weighted by molar-refractivity contribution is -0.142. The second-order valence-corrected chi connectivity index (χ2v) is 7.77. The van der Waals surface area contributed by atoms with E-state index in [1.165, 1.54) is 0 Å². The average Bonchev–Trinajstić information content (AvgIpc) is 2.59. The molecule has 0 spiro atoms. The van der Waals surface area contributed by atoms with Crippen molar-refractivity contribution in [2.75, 3.05) is 25.0 Å². The standard InChI is InChI=1S/C20H31N3O2/c1-5-21-13-15-9-6-7-11-17(15)22-18(24)16-10-8-12-23(14-16)19(25)20(2,3)4/h6-7,9,11,16,21H,5,8,10,12-14H2,1-4H3,(H,22,24). The first-order valence-corrected chi connectivity index (χ1v) is 9.21. The van der Waals surface area contributed by atoms with Gasteiger partial charge in [-0.2, -0.15) is 0 Å². The van der Waals surface area contributed by atoms with E-state index < -0.39 is 5.41 Å². The second-order valence-electron chi connectivity index (χ2n) is 7.77. The maximum atomic E-state index is 12.7. The van der Waals surface area contributed by atoms with Crippen LogP contribution >= 0.6 is 0 Å². The molecule has 0 radical (unpaired) electrons. The Balaban J connectivity index is 2.02. The number of rotatable bonds is 5. The number of carbonyl (C=O) groups excluding carboxylic acids is 2. The van der Waals surface area contributed by atoms with Crippen molar-refractivity contribution in [1.82, 2.24) is 10.2 Å². The molecule has 0 aliphatic carbocycles. The SMILES string of the molecule is CCNCc1ccccc1NC(=O)C1CCCN(C(=O)C(C)(C)C)C1. The molecule has 5 heteroatoms. The Morgan fingerprint density at radius 1 is 1.24 bits per heavy atom. The van der Waals surface area contributed by atoms with Crippen molar-refractivity contribution in [3.05, 3.63) is 29.8 Å². The van der Waals surface area contributed by atoms with E-state index in [1.54, 1.807) is 0 Å². The van der Waals surface area contributed by atoms with Gasteiger partial charge in [-0.1, -0.05) is 45.9 Å². The molecular formula is C20H31N3O2. The number of piperidine rings is 1. The molecule has 1 fully saturated rings. The van der Waals surface area contributed by atoms with Crippen molar-refractivity contribution < 1.29 is 9.59 Å². The van der Waals surface area contributed by atoms with Gasteiger partial charge in [-0.15, -0.1) is 0 Å². The maximum absolute atomic E-state index is 12.7. The number of benzene rings is 1. The molecule has 1 saturated heterocycles. The minimum Gasteiger partial charge on any atom is -0.341 e. The first kappa shape index (κ1) is 19.4. The topological polar surface area (TPSA) is 61.4 Å². The molecule has 0 aromatic heterocycles. The smallest absolute Gasteiger partial charge is 0.229 e. The summed E-state index contributed by atoms with van der Waals surface area (Å²) in [5.74, 6) is -0.0138. The molecule has 138 valence electrons. The Morgan fingerprint density at radius 3 is 2.64 bits per heavy atom. The Bertz CT molecular complexity index is 607. The van der Waals surface area contributed by atoms with Crippen LogP contribution in [0.1, 0.15) is 46.1 Å². The molecule has 2 amide bonds. The van der Waals surface area contributed by atoms with Crippen molar-refractivity contribution in [1.29, 1.82) is 0 Å². The average molecular weight is 345 g/mol. The Hall–Kier alpha value is -1.88. The lowest BCUT2D eigenvalue weighted by atomic mass is 9.91. The molecule has 2 N–H and O–H groups in total. The van der Waals surface area contributed by atoms with Crippen LogP contribution in [-0.4, -0.2) is 36.3 Å². The molecular weight excluding hydrogens is 314 g/mol. The summed E-state index contributed by atoms with van der Waals surface area (Å²) in [6, 6.07) is 7.87. The fraction of sp³-hybridized carbons (Fsp3) is 0.600. The first-order chi connectivity index (χ1) is 11.8. The molecule has 1 aromatic rings. The molecule has 1 heterocycles. The first-order valence-electron chi connectivity index (χ1n) is 9.21. The van der Waals surface area contributed by atoms with Crippen molar-refractivity contribution in [3.8, 4) is 0 Å². The number of nitrogens with one attached hydrogen (secondary N) is 2. The fourth-order valence-corrected chi connectivity index (χ4v) is 3.14. The molecule has 1 unspecified atom stereocenters. The number of hydrogen-bond acceptors (Lipinski definition) is 3. The van der Waals surface area contributed by atoms with E-state index in [-0.39, 0.29) is 17.7 Å². The van der Waals surface area contributed by atoms with Crippen molar-refractivity contribution in [2.24, 2.45) is 11.3 Å². The zero-order chi connectivity index (χ0) is 18.4. The van der Waals surface area contributed by atoms with Gasteiger partial charge in [0.05, 0.1) is 5.92 Å². The molecule has 25 heavy (non-hydrogen) atoms. The number of anilines is 1. The largest absolute Gasteiger partial charge is 0.341 e. The zero-order valence-corrected chi connectivity index (χ0v) is 15.9. The summed E-state index contributed by atoms with van der Waals surface area (Å²) < 4.78 is 0. The maximum Gasteiger partial charge on any atom is 0.229 e. The van der Waals surface area contributed by atoms with Gasteiger partial charge in [-0.3, -0.25) is 9.59 Å². The second kappa shape index (κ2) is 8.48. The predicted molar refractivity (Wildman–Crippen MR) is 101 cm³/mol. The van der Waals surface area contributed by atoms with Crippen LogP contribution in [0.3, 0.4) is 0 Å². The lowest BCUT2D eigenvalue weighted by Gasteiger charge is -2.36. The van der Waals surface area contributed by atoms with Crippen LogP contribution in [0, 0.1) is 11.3 Å². The summed E-state index contributed by atoms with van der Waals surface area (Å²) in [4.78, 5) is 27.1. The summed E-state index contributed by atoms with van der Waals surface area (Å²) in [5.41, 5.74) is 1.53. The minimum absolute atomic E-state index is 0.00959. The van der Waals surface area contributed by atoms with Gasteiger partial charge < -0.3 is 15.5 Å². The summed E-state index contributed by atoms with van der Waals surface area (Å²) in [7, 11) is 0. The highest BCUT2D eigenvalue weighted by molar-refractivity contribution is 5.94. The van der Waals surface area contributed by atoms with Crippen LogP contribution in [0.2, 0.25) is 0 Å². The van der Waals surface area contributed by atoms with Gasteiger partial charge >= 0.3 is 0 Å². The molecule has 2 rings (SSSR count). The third-order valence-corrected chi connectivity index (χ3v) is 4.56. The number of amides is 2. The number of nitrogens with zero attached hydrogens (tertiary/aromatic N) is 1. The highest BCUT2D eigenvalue weighted by Gasteiger charge is 2.33. The highest BCUT2D eigenvalue weighted by atomic mass is 16.2. The van der Waals surface area contributed by atoms with E-state index in [4.69, 9.17) is 0 Å². The van der Waals surface area contributed by atoms with Gasteiger partial charge in [0.25, 0.3) is 0 Å². The third-order valence-electron chi connectivity index (χ3n) is 4.56.